The predicted octanol–water partition coefficient (Wildman–Crippen LogP) is 2.65. The van der Waals surface area contributed by atoms with E-state index < -0.39 is 5.97 Å². The quantitative estimate of drug-likeness (QED) is 0.765. The third-order valence-electron chi connectivity index (χ3n) is 5.25. The van der Waals surface area contributed by atoms with Crippen LogP contribution in [0.4, 0.5) is 5.69 Å². The van der Waals surface area contributed by atoms with Crippen LogP contribution in [-0.4, -0.2) is 28.9 Å². The fraction of sp³-hybridized carbons (Fsp3) is 0.526. The molecule has 0 spiro atoms. The van der Waals surface area contributed by atoms with Crippen molar-refractivity contribution in [1.82, 2.24) is 5.32 Å². The van der Waals surface area contributed by atoms with E-state index in [2.05, 4.69) is 10.6 Å². The van der Waals surface area contributed by atoms with Gasteiger partial charge in [-0.1, -0.05) is 13.0 Å². The predicted molar refractivity (Wildman–Crippen MR) is 93.2 cm³/mol. The van der Waals surface area contributed by atoms with Crippen LogP contribution >= 0.6 is 0 Å². The second kappa shape index (κ2) is 7.25. The number of carbonyl (C=O) groups excluding carboxylic acids is 2. The molecule has 2 saturated carbocycles. The van der Waals surface area contributed by atoms with Crippen molar-refractivity contribution in [1.29, 1.82) is 0 Å². The Morgan fingerprint density at radius 2 is 1.80 bits per heavy atom. The van der Waals surface area contributed by atoms with Crippen LogP contribution in [0, 0.1) is 17.8 Å². The minimum absolute atomic E-state index is 0.00802. The van der Waals surface area contributed by atoms with Crippen LogP contribution in [0.2, 0.25) is 0 Å². The summed E-state index contributed by atoms with van der Waals surface area (Å²) < 4.78 is 0. The number of rotatable bonds is 5. The molecule has 1 aromatic rings. The van der Waals surface area contributed by atoms with Crippen molar-refractivity contribution in [3.05, 3.63) is 29.8 Å². The average Bonchev–Trinajstić information content (AvgIpc) is 3.32. The topological polar surface area (TPSA) is 95.5 Å². The molecule has 0 aromatic heterocycles. The fourth-order valence-electron chi connectivity index (χ4n) is 3.41. The molecular weight excluding hydrogens is 320 g/mol. The van der Waals surface area contributed by atoms with Gasteiger partial charge in [0.25, 0.3) is 5.91 Å². The normalized spacial score (nSPS) is 28.0. The molecule has 0 aliphatic heterocycles. The van der Waals surface area contributed by atoms with E-state index in [4.69, 9.17) is 5.11 Å². The summed E-state index contributed by atoms with van der Waals surface area (Å²) in [6, 6.07) is 6.94. The number of carbonyl (C=O) groups is 3. The van der Waals surface area contributed by atoms with Crippen molar-refractivity contribution < 1.29 is 19.5 Å². The van der Waals surface area contributed by atoms with Crippen LogP contribution < -0.4 is 10.6 Å². The Bertz CT molecular complexity index is 680. The van der Waals surface area contributed by atoms with Crippen molar-refractivity contribution in [2.75, 3.05) is 5.32 Å². The van der Waals surface area contributed by atoms with Gasteiger partial charge >= 0.3 is 5.97 Å². The molecule has 0 heterocycles. The highest BCUT2D eigenvalue weighted by Crippen LogP contribution is 2.38. The van der Waals surface area contributed by atoms with E-state index in [1.54, 1.807) is 24.3 Å². The molecule has 134 valence electrons. The largest absolute Gasteiger partial charge is 0.481 e. The Balaban J connectivity index is 1.54. The number of hydrogen-bond donors (Lipinski definition) is 3. The Kier molecular flexibility index (Phi) is 5.06. The molecule has 3 rings (SSSR count). The van der Waals surface area contributed by atoms with E-state index in [-0.39, 0.29) is 29.7 Å². The minimum Gasteiger partial charge on any atom is -0.481 e. The summed E-state index contributed by atoms with van der Waals surface area (Å²) in [7, 11) is 0. The summed E-state index contributed by atoms with van der Waals surface area (Å²) in [5, 5.41) is 14.9. The first-order chi connectivity index (χ1) is 11.9. The number of benzene rings is 1. The lowest BCUT2D eigenvalue weighted by Gasteiger charge is -2.26. The van der Waals surface area contributed by atoms with Gasteiger partial charge in [-0.2, -0.15) is 0 Å². The smallest absolute Gasteiger partial charge is 0.306 e. The van der Waals surface area contributed by atoms with Crippen molar-refractivity contribution in [2.45, 2.75) is 45.1 Å². The molecule has 0 radical (unpaired) electrons. The van der Waals surface area contributed by atoms with Gasteiger partial charge in [0.2, 0.25) is 5.91 Å². The van der Waals surface area contributed by atoms with Crippen molar-refractivity contribution in [2.24, 2.45) is 17.8 Å². The standard InChI is InChI=1S/C19H24N2O4/c1-11-9-16(11)18(23)21-15-4-2-3-13(10-15)17(22)20-14-7-5-12(6-8-14)19(24)25/h2-4,10-12,14,16H,5-9H2,1H3,(H,20,22)(H,21,23)(H,24,25). The summed E-state index contributed by atoms with van der Waals surface area (Å²) in [4.78, 5) is 35.4. The zero-order valence-electron chi connectivity index (χ0n) is 14.3. The van der Waals surface area contributed by atoms with Gasteiger partial charge in [0.05, 0.1) is 5.92 Å². The van der Waals surface area contributed by atoms with Crippen LogP contribution in [0.3, 0.4) is 0 Å². The van der Waals surface area contributed by atoms with Gasteiger partial charge in [-0.3, -0.25) is 14.4 Å². The maximum Gasteiger partial charge on any atom is 0.306 e. The van der Waals surface area contributed by atoms with E-state index in [1.165, 1.54) is 0 Å². The maximum atomic E-state index is 12.4. The fourth-order valence-corrected chi connectivity index (χ4v) is 3.41. The molecule has 1 aromatic carbocycles. The van der Waals surface area contributed by atoms with Gasteiger partial charge in [-0.15, -0.1) is 0 Å². The summed E-state index contributed by atoms with van der Waals surface area (Å²) >= 11 is 0. The number of anilines is 1. The van der Waals surface area contributed by atoms with Gasteiger partial charge in [-0.25, -0.2) is 0 Å². The summed E-state index contributed by atoms with van der Waals surface area (Å²) in [5.74, 6) is -0.698. The van der Waals surface area contributed by atoms with Crippen molar-refractivity contribution in [3.63, 3.8) is 0 Å². The zero-order valence-corrected chi connectivity index (χ0v) is 14.3. The molecule has 6 heteroatoms. The molecule has 25 heavy (non-hydrogen) atoms. The van der Waals surface area contributed by atoms with Crippen LogP contribution in [0.25, 0.3) is 0 Å². The van der Waals surface area contributed by atoms with Crippen LogP contribution in [0.15, 0.2) is 24.3 Å². The highest BCUT2D eigenvalue weighted by molar-refractivity contribution is 5.98. The molecule has 2 aliphatic carbocycles. The van der Waals surface area contributed by atoms with Gasteiger partial charge in [0, 0.05) is 23.2 Å². The van der Waals surface area contributed by atoms with Gasteiger partial charge < -0.3 is 15.7 Å². The second-order valence-corrected chi connectivity index (χ2v) is 7.25. The van der Waals surface area contributed by atoms with Crippen molar-refractivity contribution in [3.8, 4) is 0 Å². The van der Waals surface area contributed by atoms with E-state index in [1.807, 2.05) is 6.92 Å². The summed E-state index contributed by atoms with van der Waals surface area (Å²) in [6.45, 7) is 2.05. The minimum atomic E-state index is -0.752. The molecule has 0 saturated heterocycles. The number of hydrogen-bond acceptors (Lipinski definition) is 3. The van der Waals surface area contributed by atoms with Crippen LogP contribution in [0.1, 0.15) is 49.4 Å². The molecule has 2 atom stereocenters. The highest BCUT2D eigenvalue weighted by atomic mass is 16.4. The zero-order chi connectivity index (χ0) is 18.0. The first-order valence-electron chi connectivity index (χ1n) is 8.88. The summed E-state index contributed by atoms with van der Waals surface area (Å²) in [5.41, 5.74) is 1.13. The number of nitrogens with one attached hydrogen (secondary N) is 2. The molecule has 0 bridgehead atoms. The van der Waals surface area contributed by atoms with E-state index in [0.29, 0.717) is 42.9 Å². The lowest BCUT2D eigenvalue weighted by Crippen LogP contribution is -2.38. The number of carboxylic acid groups (broad SMARTS) is 1. The Morgan fingerprint density at radius 3 is 2.40 bits per heavy atom. The van der Waals surface area contributed by atoms with Crippen molar-refractivity contribution >= 4 is 23.5 Å². The molecule has 6 nitrogen and oxygen atoms in total. The lowest BCUT2D eigenvalue weighted by atomic mass is 9.86. The SMILES string of the molecule is CC1CC1C(=O)Nc1cccc(C(=O)NC2CCC(C(=O)O)CC2)c1. The summed E-state index contributed by atoms with van der Waals surface area (Å²) in [6.07, 6.45) is 3.47. The third-order valence-corrected chi connectivity index (χ3v) is 5.25. The number of aliphatic carboxylic acids is 1. The average molecular weight is 344 g/mol. The maximum absolute atomic E-state index is 12.4. The van der Waals surface area contributed by atoms with Gasteiger partial charge in [-0.05, 0) is 56.2 Å². The number of carboxylic acids is 1. The molecule has 2 aliphatic rings. The molecule has 2 unspecified atom stereocenters. The monoisotopic (exact) mass is 344 g/mol. The lowest BCUT2D eigenvalue weighted by molar-refractivity contribution is -0.142. The van der Waals surface area contributed by atoms with E-state index in [0.717, 1.165) is 6.42 Å². The van der Waals surface area contributed by atoms with Gasteiger partial charge in [0.15, 0.2) is 0 Å². The molecule has 3 N–H and O–H groups in total. The Labute approximate surface area is 147 Å². The van der Waals surface area contributed by atoms with Crippen LogP contribution in [-0.2, 0) is 9.59 Å². The number of amides is 2. The third kappa shape index (κ3) is 4.38. The Hall–Kier alpha value is -2.37. The van der Waals surface area contributed by atoms with Gasteiger partial charge in [0.1, 0.15) is 0 Å². The first-order valence-corrected chi connectivity index (χ1v) is 8.88. The molecule has 2 amide bonds. The highest BCUT2D eigenvalue weighted by Gasteiger charge is 2.39. The van der Waals surface area contributed by atoms with Crippen LogP contribution in [0.5, 0.6) is 0 Å². The second-order valence-electron chi connectivity index (χ2n) is 7.25. The molecular formula is C19H24N2O4. The van der Waals surface area contributed by atoms with E-state index in [9.17, 15) is 14.4 Å². The first kappa shape index (κ1) is 17.5. The van der Waals surface area contributed by atoms with E-state index >= 15 is 0 Å². The Morgan fingerprint density at radius 1 is 1.12 bits per heavy atom. The molecule has 2 fully saturated rings.